The van der Waals surface area contributed by atoms with Crippen LogP contribution in [0.4, 0.5) is 10.2 Å². The first-order valence-electron chi connectivity index (χ1n) is 9.11. The van der Waals surface area contributed by atoms with Crippen LogP contribution in [0.1, 0.15) is 21.7 Å². The molecule has 0 unspecified atom stereocenters. The predicted octanol–water partition coefficient (Wildman–Crippen LogP) is 5.13. The Labute approximate surface area is 167 Å². The molecular formula is C23H19FN2O3. The molecule has 0 aliphatic carbocycles. The number of benzene rings is 2. The van der Waals surface area contributed by atoms with Gasteiger partial charge in [-0.15, -0.1) is 0 Å². The summed E-state index contributed by atoms with van der Waals surface area (Å²) in [7, 11) is 1.60. The van der Waals surface area contributed by atoms with Crippen LogP contribution >= 0.6 is 0 Å². The number of furan rings is 1. The van der Waals surface area contributed by atoms with E-state index in [0.717, 1.165) is 11.3 Å². The first kappa shape index (κ1) is 18.7. The molecule has 0 aliphatic rings. The number of halogens is 1. The van der Waals surface area contributed by atoms with Gasteiger partial charge in [0.1, 0.15) is 23.0 Å². The number of carbonyl (C=O) groups is 1. The zero-order valence-electron chi connectivity index (χ0n) is 16.1. The summed E-state index contributed by atoms with van der Waals surface area (Å²) in [6, 6.07) is 17.0. The maximum atomic E-state index is 13.6. The summed E-state index contributed by atoms with van der Waals surface area (Å²) in [5.74, 6) is 0.692. The van der Waals surface area contributed by atoms with Crippen LogP contribution in [0.25, 0.3) is 11.0 Å². The number of amides is 1. The minimum atomic E-state index is -0.375. The molecule has 2 heterocycles. The van der Waals surface area contributed by atoms with Crippen molar-refractivity contribution >= 4 is 22.7 Å². The van der Waals surface area contributed by atoms with E-state index in [1.807, 2.05) is 30.3 Å². The third-order valence-corrected chi connectivity index (χ3v) is 4.76. The Kier molecular flexibility index (Phi) is 4.99. The van der Waals surface area contributed by atoms with Gasteiger partial charge in [-0.1, -0.05) is 18.2 Å². The van der Waals surface area contributed by atoms with Crippen molar-refractivity contribution in [1.82, 2.24) is 4.98 Å². The number of fused-ring (bicyclic) bond motifs is 1. The third kappa shape index (κ3) is 3.69. The van der Waals surface area contributed by atoms with E-state index in [2.05, 4.69) is 4.98 Å². The molecule has 0 bridgehead atoms. The molecule has 29 heavy (non-hydrogen) atoms. The molecule has 4 aromatic rings. The van der Waals surface area contributed by atoms with Crippen molar-refractivity contribution < 1.29 is 18.3 Å². The molecule has 0 fully saturated rings. The summed E-state index contributed by atoms with van der Waals surface area (Å²) in [6.45, 7) is 2.05. The predicted molar refractivity (Wildman–Crippen MR) is 109 cm³/mol. The van der Waals surface area contributed by atoms with Gasteiger partial charge in [-0.25, -0.2) is 9.37 Å². The summed E-state index contributed by atoms with van der Waals surface area (Å²) in [4.78, 5) is 19.3. The number of aromatic nitrogens is 1. The average molecular weight is 390 g/mol. The molecule has 2 aromatic heterocycles. The lowest BCUT2D eigenvalue weighted by molar-refractivity contribution is 0.0959. The van der Waals surface area contributed by atoms with E-state index in [4.69, 9.17) is 9.15 Å². The molecule has 0 N–H and O–H groups in total. The van der Waals surface area contributed by atoms with Gasteiger partial charge in [0.2, 0.25) is 0 Å². The molecule has 0 aliphatic heterocycles. The number of aryl methyl sites for hydroxylation is 1. The topological polar surface area (TPSA) is 55.6 Å². The van der Waals surface area contributed by atoms with E-state index in [1.165, 1.54) is 18.2 Å². The lowest BCUT2D eigenvalue weighted by atomic mass is 10.1. The molecule has 4 rings (SSSR count). The first-order valence-corrected chi connectivity index (χ1v) is 9.11. The van der Waals surface area contributed by atoms with Crippen LogP contribution in [-0.4, -0.2) is 18.0 Å². The Balaban J connectivity index is 1.74. The number of hydrogen-bond donors (Lipinski definition) is 0. The lowest BCUT2D eigenvalue weighted by Gasteiger charge is -2.21. The summed E-state index contributed by atoms with van der Waals surface area (Å²) in [6.07, 6.45) is 1.63. The fourth-order valence-corrected chi connectivity index (χ4v) is 3.20. The monoisotopic (exact) mass is 390 g/mol. The first-order chi connectivity index (χ1) is 14.1. The molecule has 5 nitrogen and oxygen atoms in total. The second kappa shape index (κ2) is 7.75. The SMILES string of the molecule is COc1ccc(CN(C(=O)c2oc3ccc(F)cc3c2C)c2ccccn2)cc1. The van der Waals surface area contributed by atoms with Gasteiger partial charge >= 0.3 is 0 Å². The average Bonchev–Trinajstić information content (AvgIpc) is 3.08. The minimum Gasteiger partial charge on any atom is -0.497 e. The smallest absolute Gasteiger partial charge is 0.295 e. The van der Waals surface area contributed by atoms with Crippen molar-refractivity contribution in [3.63, 3.8) is 0 Å². The number of carbonyl (C=O) groups excluding carboxylic acids is 1. The molecule has 0 spiro atoms. The zero-order chi connectivity index (χ0) is 20.4. The molecule has 0 saturated heterocycles. The Morgan fingerprint density at radius 1 is 1.14 bits per heavy atom. The fraction of sp³-hybridized carbons (Fsp3) is 0.130. The van der Waals surface area contributed by atoms with E-state index in [9.17, 15) is 9.18 Å². The van der Waals surface area contributed by atoms with Crippen LogP contribution in [0.2, 0.25) is 0 Å². The maximum Gasteiger partial charge on any atom is 0.295 e. The summed E-state index contributed by atoms with van der Waals surface area (Å²) in [5, 5.41) is 0.582. The maximum absolute atomic E-state index is 13.6. The number of rotatable bonds is 5. The lowest BCUT2D eigenvalue weighted by Crippen LogP contribution is -2.31. The van der Waals surface area contributed by atoms with Crippen LogP contribution in [0.3, 0.4) is 0 Å². The van der Waals surface area contributed by atoms with Gasteiger partial charge in [-0.2, -0.15) is 0 Å². The number of pyridine rings is 1. The molecular weight excluding hydrogens is 371 g/mol. The normalized spacial score (nSPS) is 10.9. The van der Waals surface area contributed by atoms with E-state index >= 15 is 0 Å². The van der Waals surface area contributed by atoms with Crippen molar-refractivity contribution in [1.29, 1.82) is 0 Å². The molecule has 146 valence electrons. The van der Waals surface area contributed by atoms with E-state index in [0.29, 0.717) is 28.9 Å². The van der Waals surface area contributed by atoms with Crippen LogP contribution < -0.4 is 9.64 Å². The number of anilines is 1. The summed E-state index contributed by atoms with van der Waals surface area (Å²) >= 11 is 0. The van der Waals surface area contributed by atoms with E-state index in [1.54, 1.807) is 37.3 Å². The Morgan fingerprint density at radius 2 is 1.93 bits per heavy atom. The van der Waals surface area contributed by atoms with Crippen LogP contribution in [0, 0.1) is 12.7 Å². The van der Waals surface area contributed by atoms with Crippen molar-refractivity contribution in [3.8, 4) is 5.75 Å². The summed E-state index contributed by atoms with van der Waals surface area (Å²) < 4.78 is 24.6. The van der Waals surface area contributed by atoms with Gasteiger partial charge < -0.3 is 9.15 Å². The second-order valence-corrected chi connectivity index (χ2v) is 6.62. The van der Waals surface area contributed by atoms with Gasteiger partial charge in [0.15, 0.2) is 5.76 Å². The highest BCUT2D eigenvalue weighted by Gasteiger charge is 2.25. The number of methoxy groups -OCH3 is 1. The molecule has 2 aromatic carbocycles. The Hall–Kier alpha value is -3.67. The third-order valence-electron chi connectivity index (χ3n) is 4.76. The van der Waals surface area contributed by atoms with Gasteiger partial charge in [0.05, 0.1) is 13.7 Å². The van der Waals surface area contributed by atoms with Gasteiger partial charge in [0.25, 0.3) is 5.91 Å². The fourth-order valence-electron chi connectivity index (χ4n) is 3.20. The zero-order valence-corrected chi connectivity index (χ0v) is 16.1. The van der Waals surface area contributed by atoms with Crippen LogP contribution in [0.15, 0.2) is 71.3 Å². The van der Waals surface area contributed by atoms with Crippen molar-refractivity contribution in [2.24, 2.45) is 0 Å². The van der Waals surface area contributed by atoms with Crippen molar-refractivity contribution in [3.05, 3.63) is 89.6 Å². The highest BCUT2D eigenvalue weighted by atomic mass is 19.1. The molecule has 0 radical (unpaired) electrons. The summed E-state index contributed by atoms with van der Waals surface area (Å²) in [5.41, 5.74) is 1.97. The van der Waals surface area contributed by atoms with Gasteiger partial charge in [-0.3, -0.25) is 9.69 Å². The van der Waals surface area contributed by atoms with Gasteiger partial charge in [0, 0.05) is 17.1 Å². The van der Waals surface area contributed by atoms with Crippen molar-refractivity contribution in [2.45, 2.75) is 13.5 Å². The van der Waals surface area contributed by atoms with Crippen LogP contribution in [-0.2, 0) is 6.54 Å². The minimum absolute atomic E-state index is 0.171. The highest BCUT2D eigenvalue weighted by Crippen LogP contribution is 2.29. The Bertz CT molecular complexity index is 1150. The van der Waals surface area contributed by atoms with Crippen LogP contribution in [0.5, 0.6) is 5.75 Å². The van der Waals surface area contributed by atoms with E-state index in [-0.39, 0.29) is 17.5 Å². The standard InChI is InChI=1S/C23H19FN2O3/c1-15-19-13-17(24)8-11-20(19)29-22(15)23(27)26(21-5-3-4-12-25-21)14-16-6-9-18(28-2)10-7-16/h3-13H,14H2,1-2H3. The molecule has 6 heteroatoms. The Morgan fingerprint density at radius 3 is 2.62 bits per heavy atom. The van der Waals surface area contributed by atoms with Crippen molar-refractivity contribution in [2.75, 3.05) is 12.0 Å². The number of hydrogen-bond acceptors (Lipinski definition) is 4. The molecule has 0 atom stereocenters. The number of ether oxygens (including phenoxy) is 1. The van der Waals surface area contributed by atoms with E-state index < -0.39 is 0 Å². The number of nitrogens with zero attached hydrogens (tertiary/aromatic N) is 2. The largest absolute Gasteiger partial charge is 0.497 e. The second-order valence-electron chi connectivity index (χ2n) is 6.62. The highest BCUT2D eigenvalue weighted by molar-refractivity contribution is 6.07. The van der Waals surface area contributed by atoms with Gasteiger partial charge in [-0.05, 0) is 55.0 Å². The molecule has 0 saturated carbocycles. The molecule has 1 amide bonds. The quantitative estimate of drug-likeness (QED) is 0.474.